The molecule has 0 spiro atoms. The SMILES string of the molecule is Cc1ccc([N+](=O)[O-])c(OCCC[NH+]2CC[NH+](C)CC2)c1. The number of nitrogens with zero attached hydrogens (tertiary/aromatic N) is 1. The van der Waals surface area contributed by atoms with Gasteiger partial charge in [0.1, 0.15) is 26.2 Å². The van der Waals surface area contributed by atoms with E-state index in [1.54, 1.807) is 21.9 Å². The molecule has 0 atom stereocenters. The van der Waals surface area contributed by atoms with Crippen molar-refractivity contribution in [3.8, 4) is 5.75 Å². The minimum absolute atomic E-state index is 0.0520. The zero-order valence-corrected chi connectivity index (χ0v) is 12.9. The number of nitrogens with one attached hydrogen (secondary N) is 2. The lowest BCUT2D eigenvalue weighted by Crippen LogP contribution is -3.27. The summed E-state index contributed by atoms with van der Waals surface area (Å²) in [5, 5.41) is 11.0. The molecule has 1 heterocycles. The van der Waals surface area contributed by atoms with Gasteiger partial charge in [0.05, 0.1) is 25.1 Å². The van der Waals surface area contributed by atoms with Crippen LogP contribution in [-0.4, -0.2) is 51.3 Å². The highest BCUT2D eigenvalue weighted by Gasteiger charge is 2.19. The maximum atomic E-state index is 11.0. The number of piperazine rings is 1. The minimum atomic E-state index is -0.386. The van der Waals surface area contributed by atoms with E-state index in [0.29, 0.717) is 12.4 Å². The van der Waals surface area contributed by atoms with Gasteiger partial charge < -0.3 is 14.5 Å². The van der Waals surface area contributed by atoms with Crippen LogP contribution < -0.4 is 14.5 Å². The first-order chi connectivity index (χ1) is 10.1. The average molecular weight is 295 g/mol. The molecule has 1 aromatic carbocycles. The van der Waals surface area contributed by atoms with E-state index in [4.69, 9.17) is 4.74 Å². The average Bonchev–Trinajstić information content (AvgIpc) is 2.45. The molecule has 2 N–H and O–H groups in total. The first kappa shape index (κ1) is 15.7. The summed E-state index contributed by atoms with van der Waals surface area (Å²) in [4.78, 5) is 13.8. The van der Waals surface area contributed by atoms with Crippen LogP contribution in [0, 0.1) is 17.0 Å². The normalized spacial score (nSPS) is 22.0. The fourth-order valence-electron chi connectivity index (χ4n) is 2.67. The van der Waals surface area contributed by atoms with E-state index in [-0.39, 0.29) is 10.6 Å². The quantitative estimate of drug-likeness (QED) is 0.406. The van der Waals surface area contributed by atoms with Gasteiger partial charge in [-0.05, 0) is 18.6 Å². The summed E-state index contributed by atoms with van der Waals surface area (Å²) in [6.45, 7) is 8.38. The summed E-state index contributed by atoms with van der Waals surface area (Å²) in [5.41, 5.74) is 1.03. The fourth-order valence-corrected chi connectivity index (χ4v) is 2.67. The van der Waals surface area contributed by atoms with Crippen molar-refractivity contribution in [1.82, 2.24) is 0 Å². The number of nitro benzene ring substituents is 1. The van der Waals surface area contributed by atoms with Crippen LogP contribution in [-0.2, 0) is 0 Å². The second kappa shape index (κ2) is 7.38. The Bertz CT molecular complexity index is 485. The van der Waals surface area contributed by atoms with Crippen molar-refractivity contribution in [3.05, 3.63) is 33.9 Å². The second-order valence-electron chi connectivity index (χ2n) is 5.89. The Morgan fingerprint density at radius 1 is 1.29 bits per heavy atom. The monoisotopic (exact) mass is 295 g/mol. The molecule has 1 fully saturated rings. The number of hydrogen-bond donors (Lipinski definition) is 2. The van der Waals surface area contributed by atoms with E-state index >= 15 is 0 Å². The van der Waals surface area contributed by atoms with Gasteiger partial charge in [0.25, 0.3) is 0 Å². The number of hydrogen-bond acceptors (Lipinski definition) is 3. The molecule has 1 aliphatic heterocycles. The molecule has 0 aliphatic carbocycles. The first-order valence-corrected chi connectivity index (χ1v) is 7.59. The minimum Gasteiger partial charge on any atom is -0.487 e. The summed E-state index contributed by atoms with van der Waals surface area (Å²) >= 11 is 0. The third kappa shape index (κ3) is 4.68. The first-order valence-electron chi connectivity index (χ1n) is 7.59. The molecular formula is C15H25N3O3+2. The number of benzene rings is 1. The molecule has 1 aliphatic rings. The molecule has 6 nitrogen and oxygen atoms in total. The Kier molecular flexibility index (Phi) is 5.52. The maximum absolute atomic E-state index is 11.0. The van der Waals surface area contributed by atoms with Crippen LogP contribution in [0.2, 0.25) is 0 Å². The van der Waals surface area contributed by atoms with E-state index in [0.717, 1.165) is 18.5 Å². The lowest BCUT2D eigenvalue weighted by atomic mass is 10.2. The molecular weight excluding hydrogens is 270 g/mol. The second-order valence-corrected chi connectivity index (χ2v) is 5.89. The van der Waals surface area contributed by atoms with Gasteiger partial charge in [0.2, 0.25) is 0 Å². The van der Waals surface area contributed by atoms with E-state index in [9.17, 15) is 10.1 Å². The molecule has 2 rings (SSSR count). The van der Waals surface area contributed by atoms with Crippen molar-refractivity contribution in [1.29, 1.82) is 0 Å². The number of quaternary nitrogens is 2. The lowest BCUT2D eigenvalue weighted by Gasteiger charge is -2.27. The number of ether oxygens (including phenoxy) is 1. The van der Waals surface area contributed by atoms with Gasteiger partial charge in [-0.2, -0.15) is 0 Å². The number of aryl methyl sites for hydroxylation is 1. The van der Waals surface area contributed by atoms with Crippen LogP contribution in [0.25, 0.3) is 0 Å². The number of likely N-dealkylation sites (N-methyl/N-ethyl adjacent to an activating group) is 1. The molecule has 6 heteroatoms. The van der Waals surface area contributed by atoms with Crippen molar-refractivity contribution in [2.45, 2.75) is 13.3 Å². The zero-order chi connectivity index (χ0) is 15.2. The molecule has 1 aromatic rings. The van der Waals surface area contributed by atoms with E-state index in [1.165, 1.54) is 32.2 Å². The summed E-state index contributed by atoms with van der Waals surface area (Å²) < 4.78 is 5.63. The van der Waals surface area contributed by atoms with Crippen LogP contribution in [0.5, 0.6) is 5.75 Å². The van der Waals surface area contributed by atoms with Crippen LogP contribution in [0.4, 0.5) is 5.69 Å². The number of nitro groups is 1. The van der Waals surface area contributed by atoms with Gasteiger partial charge in [-0.1, -0.05) is 6.07 Å². The molecule has 0 unspecified atom stereocenters. The van der Waals surface area contributed by atoms with Gasteiger partial charge in [0.15, 0.2) is 5.75 Å². The highest BCUT2D eigenvalue weighted by molar-refractivity contribution is 5.48. The molecule has 0 aromatic heterocycles. The predicted molar refractivity (Wildman–Crippen MR) is 80.1 cm³/mol. The zero-order valence-electron chi connectivity index (χ0n) is 12.9. The maximum Gasteiger partial charge on any atom is 0.310 e. The summed E-state index contributed by atoms with van der Waals surface area (Å²) in [7, 11) is 2.23. The largest absolute Gasteiger partial charge is 0.487 e. The summed E-state index contributed by atoms with van der Waals surface area (Å²) in [6, 6.07) is 4.99. The highest BCUT2D eigenvalue weighted by Crippen LogP contribution is 2.27. The van der Waals surface area contributed by atoms with Crippen molar-refractivity contribution < 1.29 is 19.5 Å². The van der Waals surface area contributed by atoms with E-state index in [1.807, 2.05) is 6.92 Å². The lowest BCUT2D eigenvalue weighted by molar-refractivity contribution is -1.00. The van der Waals surface area contributed by atoms with Gasteiger partial charge >= 0.3 is 5.69 Å². The molecule has 0 saturated carbocycles. The molecule has 0 amide bonds. The Labute approximate surface area is 125 Å². The summed E-state index contributed by atoms with van der Waals surface area (Å²) in [6.07, 6.45) is 0.930. The van der Waals surface area contributed by atoms with E-state index < -0.39 is 0 Å². The molecule has 116 valence electrons. The smallest absolute Gasteiger partial charge is 0.310 e. The Balaban J connectivity index is 1.78. The van der Waals surface area contributed by atoms with Crippen molar-refractivity contribution in [2.24, 2.45) is 0 Å². The molecule has 21 heavy (non-hydrogen) atoms. The predicted octanol–water partition coefficient (Wildman–Crippen LogP) is -0.915. The van der Waals surface area contributed by atoms with Gasteiger partial charge in [0, 0.05) is 12.5 Å². The van der Waals surface area contributed by atoms with Crippen LogP contribution in [0.3, 0.4) is 0 Å². The van der Waals surface area contributed by atoms with Crippen LogP contribution >= 0.6 is 0 Å². The molecule has 1 saturated heterocycles. The number of rotatable bonds is 6. The standard InChI is InChI=1S/C15H23N3O3/c1-13-4-5-14(18(19)20)15(12-13)21-11-3-6-17-9-7-16(2)8-10-17/h4-5,12H,3,6-11H2,1-2H3/p+2. The van der Waals surface area contributed by atoms with Crippen molar-refractivity contribution in [3.63, 3.8) is 0 Å². The van der Waals surface area contributed by atoms with Crippen molar-refractivity contribution >= 4 is 5.69 Å². The molecule has 0 radical (unpaired) electrons. The van der Waals surface area contributed by atoms with Crippen LogP contribution in [0.1, 0.15) is 12.0 Å². The van der Waals surface area contributed by atoms with Gasteiger partial charge in [-0.25, -0.2) is 0 Å². The highest BCUT2D eigenvalue weighted by atomic mass is 16.6. The van der Waals surface area contributed by atoms with Crippen molar-refractivity contribution in [2.75, 3.05) is 46.4 Å². The van der Waals surface area contributed by atoms with Crippen LogP contribution in [0.15, 0.2) is 18.2 Å². The fraction of sp³-hybridized carbons (Fsp3) is 0.600. The molecule has 0 bridgehead atoms. The summed E-state index contributed by atoms with van der Waals surface area (Å²) in [5.74, 6) is 0.387. The van der Waals surface area contributed by atoms with Gasteiger partial charge in [-0.3, -0.25) is 10.1 Å². The third-order valence-corrected chi connectivity index (χ3v) is 4.05. The third-order valence-electron chi connectivity index (χ3n) is 4.05. The topological polar surface area (TPSA) is 61.2 Å². The Morgan fingerprint density at radius 2 is 2.00 bits per heavy atom. The Hall–Kier alpha value is -1.66. The van der Waals surface area contributed by atoms with E-state index in [2.05, 4.69) is 7.05 Å². The Morgan fingerprint density at radius 3 is 2.67 bits per heavy atom. The van der Waals surface area contributed by atoms with Gasteiger partial charge in [-0.15, -0.1) is 0 Å².